The molecule has 0 N–H and O–H groups in total. The molecule has 0 unspecified atom stereocenters. The van der Waals surface area contributed by atoms with Crippen LogP contribution in [0.4, 0.5) is 0 Å². The fourth-order valence-electron chi connectivity index (χ4n) is 1.69. The van der Waals surface area contributed by atoms with Crippen molar-refractivity contribution in [3.8, 4) is 11.8 Å². The van der Waals surface area contributed by atoms with Crippen molar-refractivity contribution in [2.45, 2.75) is 26.2 Å². The van der Waals surface area contributed by atoms with Crippen LogP contribution in [-0.4, -0.2) is 7.11 Å². The minimum atomic E-state index is 0.320. The Bertz CT molecular complexity index is 335. The number of rotatable bonds is 4. The molecule has 1 aromatic rings. The van der Waals surface area contributed by atoms with Gasteiger partial charge in [-0.3, -0.25) is 0 Å². The number of nitriles is 1. The van der Waals surface area contributed by atoms with Crippen molar-refractivity contribution in [2.24, 2.45) is 5.92 Å². The topological polar surface area (TPSA) is 33.0 Å². The Hall–Kier alpha value is -1.49. The Labute approximate surface area is 91.5 Å². The van der Waals surface area contributed by atoms with Crippen molar-refractivity contribution < 1.29 is 4.74 Å². The lowest BCUT2D eigenvalue weighted by Crippen LogP contribution is -2.05. The quantitative estimate of drug-likeness (QED) is 0.751. The highest BCUT2D eigenvalue weighted by Crippen LogP contribution is 2.28. The minimum absolute atomic E-state index is 0.320. The summed E-state index contributed by atoms with van der Waals surface area (Å²) in [5.74, 6) is 1.66. The fraction of sp³-hybridized carbons (Fsp3) is 0.462. The van der Waals surface area contributed by atoms with E-state index in [-0.39, 0.29) is 0 Å². The lowest BCUT2D eigenvalue weighted by Gasteiger charge is -2.18. The van der Waals surface area contributed by atoms with Crippen molar-refractivity contribution in [2.75, 3.05) is 7.11 Å². The Morgan fingerprint density at radius 2 is 1.87 bits per heavy atom. The molecule has 80 valence electrons. The van der Waals surface area contributed by atoms with E-state index >= 15 is 0 Å². The first-order valence-electron chi connectivity index (χ1n) is 5.20. The normalized spacial score (nSPS) is 12.2. The van der Waals surface area contributed by atoms with Crippen LogP contribution >= 0.6 is 0 Å². The number of ether oxygens (including phenoxy) is 1. The van der Waals surface area contributed by atoms with E-state index in [4.69, 9.17) is 10.00 Å². The second kappa shape index (κ2) is 5.41. The molecule has 0 aliphatic heterocycles. The summed E-state index contributed by atoms with van der Waals surface area (Å²) >= 11 is 0. The molecule has 0 aromatic heterocycles. The van der Waals surface area contributed by atoms with Gasteiger partial charge in [0.2, 0.25) is 0 Å². The highest BCUT2D eigenvalue weighted by Gasteiger charge is 2.15. The van der Waals surface area contributed by atoms with Gasteiger partial charge in [-0.1, -0.05) is 26.0 Å². The number of hydrogen-bond donors (Lipinski definition) is 0. The van der Waals surface area contributed by atoms with Crippen LogP contribution in [0.25, 0.3) is 0 Å². The maximum absolute atomic E-state index is 8.77. The molecule has 2 heteroatoms. The van der Waals surface area contributed by atoms with Gasteiger partial charge in [-0.15, -0.1) is 0 Å². The minimum Gasteiger partial charge on any atom is -0.497 e. The molecule has 0 heterocycles. The summed E-state index contributed by atoms with van der Waals surface area (Å²) < 4.78 is 5.10. The first-order chi connectivity index (χ1) is 7.19. The predicted octanol–water partition coefficient (Wildman–Crippen LogP) is 3.35. The van der Waals surface area contributed by atoms with E-state index in [2.05, 4.69) is 19.9 Å². The van der Waals surface area contributed by atoms with E-state index in [0.29, 0.717) is 18.3 Å². The second-order valence-corrected chi connectivity index (χ2v) is 3.99. The van der Waals surface area contributed by atoms with Crippen LogP contribution in [0.1, 0.15) is 31.7 Å². The van der Waals surface area contributed by atoms with E-state index in [0.717, 1.165) is 5.75 Å². The van der Waals surface area contributed by atoms with Crippen LogP contribution in [-0.2, 0) is 0 Å². The van der Waals surface area contributed by atoms with Gasteiger partial charge in [-0.2, -0.15) is 5.26 Å². The Kier molecular flexibility index (Phi) is 4.17. The highest BCUT2D eigenvalue weighted by molar-refractivity contribution is 5.30. The summed E-state index contributed by atoms with van der Waals surface area (Å²) in [7, 11) is 1.66. The van der Waals surface area contributed by atoms with Crippen molar-refractivity contribution in [3.63, 3.8) is 0 Å². The van der Waals surface area contributed by atoms with Crippen LogP contribution in [0.2, 0.25) is 0 Å². The van der Waals surface area contributed by atoms with E-state index in [9.17, 15) is 0 Å². The second-order valence-electron chi connectivity index (χ2n) is 3.99. The summed E-state index contributed by atoms with van der Waals surface area (Å²) in [5, 5.41) is 8.77. The lowest BCUT2D eigenvalue weighted by atomic mass is 9.86. The monoisotopic (exact) mass is 203 g/mol. The number of methoxy groups -OCH3 is 1. The molecule has 0 aliphatic carbocycles. The predicted molar refractivity (Wildman–Crippen MR) is 60.8 cm³/mol. The van der Waals surface area contributed by atoms with Crippen molar-refractivity contribution in [1.82, 2.24) is 0 Å². The molecule has 0 spiro atoms. The van der Waals surface area contributed by atoms with E-state index < -0.39 is 0 Å². The van der Waals surface area contributed by atoms with Gasteiger partial charge in [0.25, 0.3) is 0 Å². The first-order valence-corrected chi connectivity index (χ1v) is 5.20. The number of nitrogens with zero attached hydrogens (tertiary/aromatic N) is 1. The lowest BCUT2D eigenvalue weighted by molar-refractivity contribution is 0.414. The molecule has 1 rings (SSSR count). The zero-order valence-corrected chi connectivity index (χ0v) is 9.53. The third-order valence-corrected chi connectivity index (χ3v) is 2.66. The third-order valence-electron chi connectivity index (χ3n) is 2.66. The van der Waals surface area contributed by atoms with Gasteiger partial charge in [0.15, 0.2) is 0 Å². The zero-order chi connectivity index (χ0) is 11.3. The van der Waals surface area contributed by atoms with Crippen LogP contribution in [0.15, 0.2) is 24.3 Å². The van der Waals surface area contributed by atoms with E-state index in [1.165, 1.54) is 5.56 Å². The van der Waals surface area contributed by atoms with Gasteiger partial charge in [-0.05, 0) is 29.5 Å². The van der Waals surface area contributed by atoms with Gasteiger partial charge < -0.3 is 4.74 Å². The molecule has 15 heavy (non-hydrogen) atoms. The van der Waals surface area contributed by atoms with Crippen LogP contribution < -0.4 is 4.74 Å². The standard InChI is InChI=1S/C13H17NO/c1-10(2)13(8-9-14)11-4-6-12(15-3)7-5-11/h4-7,10,13H,8H2,1-3H3/t13-/m1/s1. The van der Waals surface area contributed by atoms with Crippen LogP contribution in [0.5, 0.6) is 5.75 Å². The SMILES string of the molecule is COc1ccc([C@H](CC#N)C(C)C)cc1. The van der Waals surface area contributed by atoms with Gasteiger partial charge in [0.05, 0.1) is 13.2 Å². The maximum atomic E-state index is 8.77. The van der Waals surface area contributed by atoms with Crippen molar-refractivity contribution >= 4 is 0 Å². The van der Waals surface area contributed by atoms with Gasteiger partial charge >= 0.3 is 0 Å². The summed E-state index contributed by atoms with van der Waals surface area (Å²) in [5.41, 5.74) is 1.22. The summed E-state index contributed by atoms with van der Waals surface area (Å²) in [6, 6.07) is 10.2. The Morgan fingerprint density at radius 3 is 2.27 bits per heavy atom. The molecule has 0 bridgehead atoms. The molecule has 0 radical (unpaired) electrons. The molecule has 0 saturated heterocycles. The number of hydrogen-bond acceptors (Lipinski definition) is 2. The molecule has 0 aliphatic rings. The average molecular weight is 203 g/mol. The van der Waals surface area contributed by atoms with Gasteiger partial charge in [0, 0.05) is 6.42 Å². The van der Waals surface area contributed by atoms with Gasteiger partial charge in [0.1, 0.15) is 5.75 Å². The number of benzene rings is 1. The highest BCUT2D eigenvalue weighted by atomic mass is 16.5. The third kappa shape index (κ3) is 2.99. The van der Waals surface area contributed by atoms with Crippen molar-refractivity contribution in [3.05, 3.63) is 29.8 Å². The first kappa shape index (κ1) is 11.6. The molecule has 0 amide bonds. The Balaban J connectivity index is 2.87. The molecular weight excluding hydrogens is 186 g/mol. The summed E-state index contributed by atoms with van der Waals surface area (Å²) in [6.07, 6.45) is 0.573. The fourth-order valence-corrected chi connectivity index (χ4v) is 1.69. The molecule has 2 nitrogen and oxygen atoms in total. The smallest absolute Gasteiger partial charge is 0.118 e. The summed E-state index contributed by atoms with van der Waals surface area (Å²) in [6.45, 7) is 4.29. The molecule has 1 aromatic carbocycles. The van der Waals surface area contributed by atoms with Crippen LogP contribution in [0, 0.1) is 17.2 Å². The molecule has 0 fully saturated rings. The molecule has 0 saturated carbocycles. The van der Waals surface area contributed by atoms with Crippen molar-refractivity contribution in [1.29, 1.82) is 5.26 Å². The van der Waals surface area contributed by atoms with Gasteiger partial charge in [-0.25, -0.2) is 0 Å². The summed E-state index contributed by atoms with van der Waals surface area (Å²) in [4.78, 5) is 0. The molecular formula is C13H17NO. The largest absolute Gasteiger partial charge is 0.497 e. The zero-order valence-electron chi connectivity index (χ0n) is 9.53. The van der Waals surface area contributed by atoms with Crippen LogP contribution in [0.3, 0.4) is 0 Å². The van der Waals surface area contributed by atoms with E-state index in [1.807, 2.05) is 24.3 Å². The molecule has 1 atom stereocenters. The maximum Gasteiger partial charge on any atom is 0.118 e. The Morgan fingerprint density at radius 1 is 1.27 bits per heavy atom. The van der Waals surface area contributed by atoms with E-state index in [1.54, 1.807) is 7.11 Å². The average Bonchev–Trinajstić information content (AvgIpc) is 2.26.